The summed E-state index contributed by atoms with van der Waals surface area (Å²) in [7, 11) is 0. The Hall–Kier alpha value is -2.45. The molecule has 0 unspecified atom stereocenters. The third kappa shape index (κ3) is 4.20. The number of nitrogens with zero attached hydrogens (tertiary/aromatic N) is 3. The van der Waals surface area contributed by atoms with Gasteiger partial charge in [0.1, 0.15) is 17.4 Å². The van der Waals surface area contributed by atoms with Gasteiger partial charge in [0, 0.05) is 11.1 Å². The second kappa shape index (κ2) is 7.84. The molecule has 0 aliphatic carbocycles. The minimum absolute atomic E-state index is 0.104. The van der Waals surface area contributed by atoms with E-state index in [9.17, 15) is 9.59 Å². The number of ether oxygens (including phenoxy) is 2. The molecule has 136 valence electrons. The number of aromatic nitrogens is 3. The van der Waals surface area contributed by atoms with Gasteiger partial charge in [0.25, 0.3) is 5.56 Å². The zero-order chi connectivity index (χ0) is 18.7. The summed E-state index contributed by atoms with van der Waals surface area (Å²) < 4.78 is 11.8. The molecule has 9 heteroatoms. The molecule has 0 bridgehead atoms. The van der Waals surface area contributed by atoms with Gasteiger partial charge in [-0.15, -0.1) is 0 Å². The highest BCUT2D eigenvalue weighted by atomic mass is 35.5. The van der Waals surface area contributed by atoms with Crippen LogP contribution in [0.4, 0.5) is 0 Å². The Morgan fingerprint density at radius 3 is 2.88 bits per heavy atom. The number of benzene rings is 1. The van der Waals surface area contributed by atoms with E-state index in [1.165, 1.54) is 21.9 Å². The lowest BCUT2D eigenvalue weighted by Gasteiger charge is -2.09. The topological polar surface area (TPSA) is 82.8 Å². The number of esters is 1. The summed E-state index contributed by atoms with van der Waals surface area (Å²) in [5.74, 6) is 0.000736. The van der Waals surface area contributed by atoms with Gasteiger partial charge in [-0.1, -0.05) is 29.9 Å². The monoisotopic (exact) mass is 393 g/mol. The van der Waals surface area contributed by atoms with Crippen LogP contribution in [0.1, 0.15) is 23.2 Å². The standard InChI is InChI=1S/C17H16ClN3O4S/c1-3-14-20-21-15(22)7-12(19-17(21)26-14)8-25-16(23)9-24-13-5-4-11(18)6-10(13)2/h4-7H,3,8-9H2,1-2H3. The van der Waals surface area contributed by atoms with Gasteiger partial charge in [-0.25, -0.2) is 9.78 Å². The van der Waals surface area contributed by atoms with Crippen LogP contribution in [-0.4, -0.2) is 27.2 Å². The highest BCUT2D eigenvalue weighted by molar-refractivity contribution is 7.16. The van der Waals surface area contributed by atoms with Gasteiger partial charge in [0.05, 0.1) is 5.69 Å². The van der Waals surface area contributed by atoms with E-state index in [0.717, 1.165) is 17.0 Å². The molecule has 0 spiro atoms. The maximum absolute atomic E-state index is 12.0. The summed E-state index contributed by atoms with van der Waals surface area (Å²) in [6.07, 6.45) is 0.721. The maximum Gasteiger partial charge on any atom is 0.344 e. The molecule has 2 heterocycles. The van der Waals surface area contributed by atoms with Crippen molar-refractivity contribution in [3.63, 3.8) is 0 Å². The predicted octanol–water partition coefficient (Wildman–Crippen LogP) is 2.80. The van der Waals surface area contributed by atoms with Gasteiger partial charge in [0.15, 0.2) is 6.61 Å². The van der Waals surface area contributed by atoms with Crippen LogP contribution >= 0.6 is 22.9 Å². The van der Waals surface area contributed by atoms with Crippen LogP contribution in [0.2, 0.25) is 5.02 Å². The van der Waals surface area contributed by atoms with E-state index < -0.39 is 5.97 Å². The first kappa shape index (κ1) is 18.3. The lowest BCUT2D eigenvalue weighted by atomic mass is 10.2. The second-order valence-electron chi connectivity index (χ2n) is 5.49. The summed E-state index contributed by atoms with van der Waals surface area (Å²) >= 11 is 7.21. The molecule has 0 atom stereocenters. The third-order valence-electron chi connectivity index (χ3n) is 3.51. The number of rotatable bonds is 6. The van der Waals surface area contributed by atoms with Crippen molar-refractivity contribution in [1.29, 1.82) is 0 Å². The van der Waals surface area contributed by atoms with Crippen molar-refractivity contribution in [2.45, 2.75) is 26.9 Å². The highest BCUT2D eigenvalue weighted by Gasteiger charge is 2.11. The zero-order valence-corrected chi connectivity index (χ0v) is 15.8. The SMILES string of the molecule is CCc1nn2c(=O)cc(COC(=O)COc3ccc(Cl)cc3C)nc2s1. The third-order valence-corrected chi connectivity index (χ3v) is 4.79. The van der Waals surface area contributed by atoms with Crippen LogP contribution in [0.5, 0.6) is 5.75 Å². The maximum atomic E-state index is 12.0. The Labute approximate surface area is 158 Å². The quantitative estimate of drug-likeness (QED) is 0.599. The summed E-state index contributed by atoms with van der Waals surface area (Å²) in [5.41, 5.74) is 0.893. The number of aryl methyl sites for hydroxylation is 2. The fourth-order valence-corrected chi connectivity index (χ4v) is 3.30. The molecule has 0 saturated carbocycles. The van der Waals surface area contributed by atoms with Gasteiger partial charge in [0.2, 0.25) is 4.96 Å². The van der Waals surface area contributed by atoms with E-state index in [0.29, 0.717) is 21.4 Å². The van der Waals surface area contributed by atoms with Gasteiger partial charge in [-0.3, -0.25) is 4.79 Å². The fourth-order valence-electron chi connectivity index (χ4n) is 2.22. The molecule has 0 aliphatic rings. The van der Waals surface area contributed by atoms with E-state index in [1.807, 2.05) is 13.8 Å². The van der Waals surface area contributed by atoms with Crippen molar-refractivity contribution in [2.24, 2.45) is 0 Å². The van der Waals surface area contributed by atoms with Crippen LogP contribution in [0, 0.1) is 6.92 Å². The van der Waals surface area contributed by atoms with Crippen molar-refractivity contribution < 1.29 is 14.3 Å². The second-order valence-corrected chi connectivity index (χ2v) is 6.97. The van der Waals surface area contributed by atoms with Crippen molar-refractivity contribution in [1.82, 2.24) is 14.6 Å². The van der Waals surface area contributed by atoms with Crippen LogP contribution in [-0.2, 0) is 22.6 Å². The lowest BCUT2D eigenvalue weighted by Crippen LogP contribution is -2.18. The van der Waals surface area contributed by atoms with Gasteiger partial charge in [-0.2, -0.15) is 9.61 Å². The molecule has 0 aliphatic heterocycles. The number of carbonyl (C=O) groups excluding carboxylic acids is 1. The Bertz CT molecular complexity index is 1010. The summed E-state index contributed by atoms with van der Waals surface area (Å²) in [4.78, 5) is 28.7. The Balaban J connectivity index is 1.60. The molecular weight excluding hydrogens is 378 g/mol. The Morgan fingerprint density at radius 2 is 2.15 bits per heavy atom. The predicted molar refractivity (Wildman–Crippen MR) is 98.0 cm³/mol. The molecular formula is C17H16ClN3O4S. The number of halogens is 1. The Morgan fingerprint density at radius 1 is 1.35 bits per heavy atom. The van der Waals surface area contributed by atoms with E-state index in [-0.39, 0.29) is 18.8 Å². The number of fused-ring (bicyclic) bond motifs is 1. The molecule has 3 rings (SSSR count). The normalized spacial score (nSPS) is 10.9. The molecule has 0 N–H and O–H groups in total. The molecule has 1 aromatic carbocycles. The molecule has 0 saturated heterocycles. The molecule has 3 aromatic rings. The van der Waals surface area contributed by atoms with Crippen LogP contribution in [0.15, 0.2) is 29.1 Å². The van der Waals surface area contributed by atoms with Crippen molar-refractivity contribution >= 4 is 33.9 Å². The van der Waals surface area contributed by atoms with Crippen LogP contribution in [0.25, 0.3) is 4.96 Å². The summed E-state index contributed by atoms with van der Waals surface area (Å²) in [5, 5.41) is 5.58. The Kier molecular flexibility index (Phi) is 5.53. The van der Waals surface area contributed by atoms with Gasteiger partial charge in [-0.05, 0) is 37.1 Å². The number of carbonyl (C=O) groups is 1. The minimum Gasteiger partial charge on any atom is -0.482 e. The number of hydrogen-bond acceptors (Lipinski definition) is 7. The molecule has 0 fully saturated rings. The van der Waals surface area contributed by atoms with E-state index in [4.69, 9.17) is 21.1 Å². The average molecular weight is 394 g/mol. The molecule has 0 amide bonds. The van der Waals surface area contributed by atoms with Crippen molar-refractivity contribution in [2.75, 3.05) is 6.61 Å². The number of hydrogen-bond donors (Lipinski definition) is 0. The van der Waals surface area contributed by atoms with E-state index >= 15 is 0 Å². The first-order chi connectivity index (χ1) is 12.5. The summed E-state index contributed by atoms with van der Waals surface area (Å²) in [6.45, 7) is 3.43. The highest BCUT2D eigenvalue weighted by Crippen LogP contribution is 2.21. The minimum atomic E-state index is -0.556. The van der Waals surface area contributed by atoms with Crippen molar-refractivity contribution in [3.05, 3.63) is 55.9 Å². The lowest BCUT2D eigenvalue weighted by molar-refractivity contribution is -0.147. The molecule has 0 radical (unpaired) electrons. The van der Waals surface area contributed by atoms with Crippen molar-refractivity contribution in [3.8, 4) is 5.75 Å². The summed E-state index contributed by atoms with van der Waals surface area (Å²) in [6, 6.07) is 6.43. The largest absolute Gasteiger partial charge is 0.482 e. The smallest absolute Gasteiger partial charge is 0.344 e. The van der Waals surface area contributed by atoms with Gasteiger partial charge < -0.3 is 9.47 Å². The average Bonchev–Trinajstić information content (AvgIpc) is 3.03. The molecule has 26 heavy (non-hydrogen) atoms. The van der Waals surface area contributed by atoms with Crippen LogP contribution < -0.4 is 10.3 Å². The van der Waals surface area contributed by atoms with Crippen LogP contribution in [0.3, 0.4) is 0 Å². The zero-order valence-electron chi connectivity index (χ0n) is 14.2. The molecule has 2 aromatic heterocycles. The van der Waals surface area contributed by atoms with Gasteiger partial charge >= 0.3 is 5.97 Å². The first-order valence-corrected chi connectivity index (χ1v) is 9.09. The van der Waals surface area contributed by atoms with E-state index in [1.54, 1.807) is 18.2 Å². The molecule has 7 nitrogen and oxygen atoms in total. The fraction of sp³-hybridized carbons (Fsp3) is 0.294. The van der Waals surface area contributed by atoms with E-state index in [2.05, 4.69) is 10.1 Å². The first-order valence-electron chi connectivity index (χ1n) is 7.89.